The van der Waals surface area contributed by atoms with Crippen LogP contribution in [0, 0.1) is 5.92 Å². The quantitative estimate of drug-likeness (QED) is 0.824. The van der Waals surface area contributed by atoms with Crippen molar-refractivity contribution in [3.8, 4) is 0 Å². The fourth-order valence-electron chi connectivity index (χ4n) is 2.81. The zero-order valence-electron chi connectivity index (χ0n) is 13.7. The summed E-state index contributed by atoms with van der Waals surface area (Å²) < 4.78 is 25.1. The number of carbonyl (C=O) groups excluding carboxylic acids is 1. The lowest BCUT2D eigenvalue weighted by atomic mass is 9.94. The summed E-state index contributed by atoms with van der Waals surface area (Å²) in [6, 6.07) is 6.63. The lowest BCUT2D eigenvalue weighted by Gasteiger charge is -2.28. The molecule has 1 saturated heterocycles. The third kappa shape index (κ3) is 5.84. The number of hydrogen-bond donors (Lipinski definition) is 2. The summed E-state index contributed by atoms with van der Waals surface area (Å²) in [5.74, 6) is 0.403. The maximum absolute atomic E-state index is 12.3. The third-order valence-corrected chi connectivity index (χ3v) is 4.73. The molecule has 0 unspecified atom stereocenters. The molecule has 1 aromatic rings. The molecule has 23 heavy (non-hydrogen) atoms. The molecule has 0 radical (unpaired) electrons. The van der Waals surface area contributed by atoms with E-state index in [-0.39, 0.29) is 5.91 Å². The van der Waals surface area contributed by atoms with Gasteiger partial charge in [-0.05, 0) is 57.5 Å². The van der Waals surface area contributed by atoms with E-state index in [1.165, 1.54) is 12.8 Å². The first kappa shape index (κ1) is 17.7. The van der Waals surface area contributed by atoms with Crippen LogP contribution in [0.15, 0.2) is 24.3 Å². The van der Waals surface area contributed by atoms with Crippen molar-refractivity contribution < 1.29 is 13.2 Å². The molecule has 0 atom stereocenters. The summed E-state index contributed by atoms with van der Waals surface area (Å²) in [6.45, 7) is 2.83. The maximum atomic E-state index is 12.3. The summed E-state index contributed by atoms with van der Waals surface area (Å²) >= 11 is 0. The summed E-state index contributed by atoms with van der Waals surface area (Å²) in [7, 11) is -1.28. The Hall–Kier alpha value is -1.60. The van der Waals surface area contributed by atoms with Crippen LogP contribution in [0.2, 0.25) is 0 Å². The predicted molar refractivity (Wildman–Crippen MR) is 92.1 cm³/mol. The number of likely N-dealkylation sites (tertiary alicyclic amines) is 1. The van der Waals surface area contributed by atoms with Gasteiger partial charge in [-0.15, -0.1) is 0 Å². The minimum Gasteiger partial charge on any atom is -0.352 e. The smallest absolute Gasteiger partial charge is 0.253 e. The van der Waals surface area contributed by atoms with Crippen LogP contribution in [-0.2, 0) is 10.0 Å². The van der Waals surface area contributed by atoms with Gasteiger partial charge in [-0.25, -0.2) is 8.42 Å². The Balaban J connectivity index is 1.88. The zero-order chi connectivity index (χ0) is 16.9. The molecule has 6 nitrogen and oxygen atoms in total. The first-order chi connectivity index (χ1) is 10.8. The van der Waals surface area contributed by atoms with Crippen LogP contribution >= 0.6 is 0 Å². The average Bonchev–Trinajstić information content (AvgIpc) is 2.48. The van der Waals surface area contributed by atoms with E-state index < -0.39 is 10.0 Å². The molecular formula is C16H25N3O3S. The van der Waals surface area contributed by atoms with Crippen molar-refractivity contribution in [1.29, 1.82) is 0 Å². The fourth-order valence-corrected chi connectivity index (χ4v) is 3.38. The third-order valence-electron chi connectivity index (χ3n) is 4.14. The van der Waals surface area contributed by atoms with Crippen LogP contribution in [0.4, 0.5) is 5.69 Å². The highest BCUT2D eigenvalue weighted by Crippen LogP contribution is 2.19. The normalized spacial score (nSPS) is 17.0. The van der Waals surface area contributed by atoms with Crippen LogP contribution in [0.3, 0.4) is 0 Å². The standard InChI is InChI=1S/C16H25N3O3S/c1-19-11-8-13(9-12-19)7-10-17-16(20)14-5-3-4-6-15(14)18-23(2,21)22/h3-6,13,18H,7-12H2,1-2H3,(H,17,20). The van der Waals surface area contributed by atoms with E-state index >= 15 is 0 Å². The molecule has 0 saturated carbocycles. The topological polar surface area (TPSA) is 78.5 Å². The van der Waals surface area contributed by atoms with E-state index in [0.29, 0.717) is 23.7 Å². The summed E-state index contributed by atoms with van der Waals surface area (Å²) in [5, 5.41) is 2.90. The molecule has 2 rings (SSSR count). The molecule has 128 valence electrons. The van der Waals surface area contributed by atoms with Crippen LogP contribution in [-0.4, -0.2) is 52.2 Å². The number of para-hydroxylation sites is 1. The fraction of sp³-hybridized carbons (Fsp3) is 0.562. The van der Waals surface area contributed by atoms with Crippen LogP contribution in [0.25, 0.3) is 0 Å². The second-order valence-electron chi connectivity index (χ2n) is 6.21. The van der Waals surface area contributed by atoms with E-state index in [4.69, 9.17) is 0 Å². The molecule has 1 amide bonds. The molecule has 0 bridgehead atoms. The van der Waals surface area contributed by atoms with Gasteiger partial charge in [0.25, 0.3) is 5.91 Å². The number of nitrogens with zero attached hydrogens (tertiary/aromatic N) is 1. The number of hydrogen-bond acceptors (Lipinski definition) is 4. The number of nitrogens with one attached hydrogen (secondary N) is 2. The Morgan fingerprint density at radius 1 is 1.26 bits per heavy atom. The number of benzene rings is 1. The Bertz CT molecular complexity index is 638. The second kappa shape index (κ2) is 7.79. The number of piperidine rings is 1. The maximum Gasteiger partial charge on any atom is 0.253 e. The molecule has 1 heterocycles. The molecular weight excluding hydrogens is 314 g/mol. The van der Waals surface area contributed by atoms with Gasteiger partial charge in [0.2, 0.25) is 10.0 Å². The van der Waals surface area contributed by atoms with Crippen molar-refractivity contribution in [3.05, 3.63) is 29.8 Å². The highest BCUT2D eigenvalue weighted by Gasteiger charge is 2.17. The zero-order valence-corrected chi connectivity index (χ0v) is 14.5. The molecule has 7 heteroatoms. The van der Waals surface area contributed by atoms with Crippen molar-refractivity contribution >= 4 is 21.6 Å². The summed E-state index contributed by atoms with van der Waals surface area (Å²) in [4.78, 5) is 14.6. The molecule has 1 aliphatic rings. The second-order valence-corrected chi connectivity index (χ2v) is 7.96. The SMILES string of the molecule is CN1CCC(CCNC(=O)c2ccccc2NS(C)(=O)=O)CC1. The average molecular weight is 339 g/mol. The van der Waals surface area contributed by atoms with E-state index in [1.54, 1.807) is 24.3 Å². The van der Waals surface area contributed by atoms with Gasteiger partial charge in [0, 0.05) is 6.54 Å². The molecule has 2 N–H and O–H groups in total. The number of anilines is 1. The number of amides is 1. The van der Waals surface area contributed by atoms with Gasteiger partial charge in [-0.3, -0.25) is 9.52 Å². The Morgan fingerprint density at radius 2 is 1.91 bits per heavy atom. The monoisotopic (exact) mass is 339 g/mol. The largest absolute Gasteiger partial charge is 0.352 e. The van der Waals surface area contributed by atoms with E-state index in [9.17, 15) is 13.2 Å². The number of rotatable bonds is 6. The van der Waals surface area contributed by atoms with Crippen LogP contribution in [0.1, 0.15) is 29.6 Å². The predicted octanol–water partition coefficient (Wildman–Crippen LogP) is 1.52. The van der Waals surface area contributed by atoms with E-state index in [1.807, 2.05) is 0 Å². The molecule has 0 spiro atoms. The van der Waals surface area contributed by atoms with Gasteiger partial charge >= 0.3 is 0 Å². The minimum absolute atomic E-state index is 0.246. The van der Waals surface area contributed by atoms with Crippen molar-refractivity contribution in [2.75, 3.05) is 37.7 Å². The van der Waals surface area contributed by atoms with Gasteiger partial charge in [-0.2, -0.15) is 0 Å². The summed E-state index contributed by atoms with van der Waals surface area (Å²) in [5.41, 5.74) is 0.660. The first-order valence-electron chi connectivity index (χ1n) is 7.89. The van der Waals surface area contributed by atoms with Gasteiger partial charge in [0.05, 0.1) is 17.5 Å². The Morgan fingerprint density at radius 3 is 2.57 bits per heavy atom. The van der Waals surface area contributed by atoms with Gasteiger partial charge in [0.1, 0.15) is 0 Å². The number of sulfonamides is 1. The number of carbonyl (C=O) groups is 1. The highest BCUT2D eigenvalue weighted by molar-refractivity contribution is 7.92. The minimum atomic E-state index is -3.41. The van der Waals surface area contributed by atoms with Crippen molar-refractivity contribution in [2.45, 2.75) is 19.3 Å². The summed E-state index contributed by atoms with van der Waals surface area (Å²) in [6.07, 6.45) is 4.36. The molecule has 1 aliphatic heterocycles. The molecule has 1 fully saturated rings. The van der Waals surface area contributed by atoms with Crippen LogP contribution in [0.5, 0.6) is 0 Å². The molecule has 0 aliphatic carbocycles. The first-order valence-corrected chi connectivity index (χ1v) is 9.78. The van der Waals surface area contributed by atoms with Crippen LogP contribution < -0.4 is 10.0 Å². The molecule has 1 aromatic carbocycles. The van der Waals surface area contributed by atoms with Crippen molar-refractivity contribution in [3.63, 3.8) is 0 Å². The lowest BCUT2D eigenvalue weighted by molar-refractivity contribution is 0.0950. The van der Waals surface area contributed by atoms with E-state index in [2.05, 4.69) is 22.0 Å². The van der Waals surface area contributed by atoms with Crippen molar-refractivity contribution in [2.24, 2.45) is 5.92 Å². The highest BCUT2D eigenvalue weighted by atomic mass is 32.2. The van der Waals surface area contributed by atoms with Crippen molar-refractivity contribution in [1.82, 2.24) is 10.2 Å². The van der Waals surface area contributed by atoms with Gasteiger partial charge in [-0.1, -0.05) is 12.1 Å². The Kier molecular flexibility index (Phi) is 6.01. The Labute approximate surface area is 138 Å². The van der Waals surface area contributed by atoms with E-state index in [0.717, 1.165) is 25.8 Å². The molecule has 0 aromatic heterocycles. The lowest BCUT2D eigenvalue weighted by Crippen LogP contribution is -2.33. The van der Waals surface area contributed by atoms with Gasteiger partial charge < -0.3 is 10.2 Å². The van der Waals surface area contributed by atoms with Gasteiger partial charge in [0.15, 0.2) is 0 Å².